The van der Waals surface area contributed by atoms with Gasteiger partial charge in [0.15, 0.2) is 0 Å². The van der Waals surface area contributed by atoms with E-state index in [9.17, 15) is 9.59 Å². The fourth-order valence-electron chi connectivity index (χ4n) is 3.09. The first-order valence-electron chi connectivity index (χ1n) is 8.41. The lowest BCUT2D eigenvalue weighted by atomic mass is 9.93. The van der Waals surface area contributed by atoms with Crippen molar-refractivity contribution in [1.82, 2.24) is 19.6 Å². The van der Waals surface area contributed by atoms with Crippen LogP contribution in [0.4, 0.5) is 0 Å². The Kier molecular flexibility index (Phi) is 6.19. The molecule has 0 bridgehead atoms. The highest BCUT2D eigenvalue weighted by Crippen LogP contribution is 2.22. The van der Waals surface area contributed by atoms with E-state index in [1.165, 1.54) is 0 Å². The van der Waals surface area contributed by atoms with Gasteiger partial charge in [0.25, 0.3) is 0 Å². The molecule has 0 radical (unpaired) electrons. The SMILES string of the molecule is CN(C)C(=O)CC[C@@H]1CCCN(C(=O)CCc2cnn(C)c2)C1. The third-order valence-corrected chi connectivity index (χ3v) is 4.52. The molecule has 2 rings (SSSR count). The maximum atomic E-state index is 12.4. The highest BCUT2D eigenvalue weighted by molar-refractivity contribution is 5.77. The molecule has 1 aliphatic heterocycles. The van der Waals surface area contributed by atoms with Crippen molar-refractivity contribution < 1.29 is 9.59 Å². The van der Waals surface area contributed by atoms with E-state index in [0.29, 0.717) is 18.8 Å². The predicted molar refractivity (Wildman–Crippen MR) is 88.8 cm³/mol. The van der Waals surface area contributed by atoms with Crippen LogP contribution in [0, 0.1) is 5.92 Å². The van der Waals surface area contributed by atoms with E-state index < -0.39 is 0 Å². The summed E-state index contributed by atoms with van der Waals surface area (Å²) < 4.78 is 1.76. The van der Waals surface area contributed by atoms with Crippen LogP contribution < -0.4 is 0 Å². The Morgan fingerprint density at radius 1 is 1.35 bits per heavy atom. The summed E-state index contributed by atoms with van der Waals surface area (Å²) in [7, 11) is 5.46. The van der Waals surface area contributed by atoms with Gasteiger partial charge in [0.05, 0.1) is 6.20 Å². The fourth-order valence-corrected chi connectivity index (χ4v) is 3.09. The first-order chi connectivity index (χ1) is 11.0. The molecule has 1 aromatic rings. The second-order valence-electron chi connectivity index (χ2n) is 6.70. The molecule has 2 heterocycles. The summed E-state index contributed by atoms with van der Waals surface area (Å²) in [5, 5.41) is 4.13. The van der Waals surface area contributed by atoms with Gasteiger partial charge in [-0.25, -0.2) is 0 Å². The molecule has 0 unspecified atom stereocenters. The van der Waals surface area contributed by atoms with Crippen molar-refractivity contribution in [3.05, 3.63) is 18.0 Å². The minimum absolute atomic E-state index is 0.171. The molecule has 0 aromatic carbocycles. The third kappa shape index (κ3) is 5.37. The lowest BCUT2D eigenvalue weighted by Crippen LogP contribution is -2.40. The summed E-state index contributed by atoms with van der Waals surface area (Å²) in [5.74, 6) is 0.845. The summed E-state index contributed by atoms with van der Waals surface area (Å²) in [4.78, 5) is 27.7. The molecule has 1 fully saturated rings. The molecule has 6 heteroatoms. The summed E-state index contributed by atoms with van der Waals surface area (Å²) >= 11 is 0. The number of hydrogen-bond donors (Lipinski definition) is 0. The van der Waals surface area contributed by atoms with Gasteiger partial charge in [-0.15, -0.1) is 0 Å². The molecule has 0 saturated carbocycles. The van der Waals surface area contributed by atoms with E-state index in [2.05, 4.69) is 5.10 Å². The molecule has 128 valence electrons. The number of piperidine rings is 1. The standard InChI is InChI=1S/C17H28N4O2/c1-19(2)16(22)8-6-14-5-4-10-21(13-14)17(23)9-7-15-11-18-20(3)12-15/h11-12,14H,4-10,13H2,1-3H3/t14-/m0/s1. The molecule has 0 aliphatic carbocycles. The molecular formula is C17H28N4O2. The van der Waals surface area contributed by atoms with Gasteiger partial charge in [-0.3, -0.25) is 14.3 Å². The minimum atomic E-state index is 0.171. The van der Waals surface area contributed by atoms with Gasteiger partial charge in [-0.2, -0.15) is 5.10 Å². The molecule has 2 amide bonds. The van der Waals surface area contributed by atoms with Crippen molar-refractivity contribution >= 4 is 11.8 Å². The first kappa shape index (κ1) is 17.5. The van der Waals surface area contributed by atoms with Crippen LogP contribution in [0.3, 0.4) is 0 Å². The molecule has 0 N–H and O–H groups in total. The molecule has 0 spiro atoms. The van der Waals surface area contributed by atoms with Crippen molar-refractivity contribution in [3.63, 3.8) is 0 Å². The number of nitrogens with zero attached hydrogens (tertiary/aromatic N) is 4. The second-order valence-corrected chi connectivity index (χ2v) is 6.70. The van der Waals surface area contributed by atoms with Gasteiger partial charge in [0.1, 0.15) is 0 Å². The van der Waals surface area contributed by atoms with Crippen molar-refractivity contribution in [2.24, 2.45) is 13.0 Å². The van der Waals surface area contributed by atoms with Crippen LogP contribution in [0.1, 0.15) is 37.7 Å². The summed E-state index contributed by atoms with van der Waals surface area (Å²) in [6.45, 7) is 1.65. The zero-order valence-electron chi connectivity index (χ0n) is 14.5. The smallest absolute Gasteiger partial charge is 0.222 e. The van der Waals surface area contributed by atoms with E-state index in [-0.39, 0.29) is 11.8 Å². The number of aryl methyl sites for hydroxylation is 2. The van der Waals surface area contributed by atoms with Crippen molar-refractivity contribution in [2.75, 3.05) is 27.2 Å². The van der Waals surface area contributed by atoms with Crippen LogP contribution in [0.25, 0.3) is 0 Å². The van der Waals surface area contributed by atoms with Gasteiger partial charge < -0.3 is 9.80 Å². The van der Waals surface area contributed by atoms with E-state index >= 15 is 0 Å². The maximum Gasteiger partial charge on any atom is 0.222 e. The molecule has 1 atom stereocenters. The van der Waals surface area contributed by atoms with Crippen molar-refractivity contribution in [3.8, 4) is 0 Å². The Morgan fingerprint density at radius 2 is 2.13 bits per heavy atom. The van der Waals surface area contributed by atoms with Gasteiger partial charge in [0.2, 0.25) is 11.8 Å². The second kappa shape index (κ2) is 8.13. The summed E-state index contributed by atoms with van der Waals surface area (Å²) in [6, 6.07) is 0. The predicted octanol–water partition coefficient (Wildman–Crippen LogP) is 1.46. The Hall–Kier alpha value is -1.85. The quantitative estimate of drug-likeness (QED) is 0.797. The van der Waals surface area contributed by atoms with Gasteiger partial charge in [-0.1, -0.05) is 0 Å². The first-order valence-corrected chi connectivity index (χ1v) is 8.41. The molecule has 6 nitrogen and oxygen atoms in total. The Morgan fingerprint density at radius 3 is 2.78 bits per heavy atom. The topological polar surface area (TPSA) is 58.4 Å². The molecule has 23 heavy (non-hydrogen) atoms. The summed E-state index contributed by atoms with van der Waals surface area (Å²) in [5.41, 5.74) is 1.10. The van der Waals surface area contributed by atoms with Crippen LogP contribution >= 0.6 is 0 Å². The lowest BCUT2D eigenvalue weighted by Gasteiger charge is -2.33. The number of rotatable bonds is 6. The molecule has 1 aliphatic rings. The number of carbonyl (C=O) groups is 2. The van der Waals surface area contributed by atoms with Crippen molar-refractivity contribution in [2.45, 2.75) is 38.5 Å². The van der Waals surface area contributed by atoms with E-state index in [1.54, 1.807) is 23.7 Å². The average Bonchev–Trinajstić information content (AvgIpc) is 2.96. The number of hydrogen-bond acceptors (Lipinski definition) is 3. The minimum Gasteiger partial charge on any atom is -0.349 e. The fraction of sp³-hybridized carbons (Fsp3) is 0.706. The number of amides is 2. The van der Waals surface area contributed by atoms with E-state index in [0.717, 1.165) is 44.3 Å². The molecule has 1 aromatic heterocycles. The van der Waals surface area contributed by atoms with Gasteiger partial charge >= 0.3 is 0 Å². The Balaban J connectivity index is 1.76. The zero-order valence-corrected chi connectivity index (χ0v) is 14.5. The zero-order chi connectivity index (χ0) is 16.8. The van der Waals surface area contributed by atoms with E-state index in [1.807, 2.05) is 24.3 Å². The van der Waals surface area contributed by atoms with Crippen LogP contribution in [0.5, 0.6) is 0 Å². The highest BCUT2D eigenvalue weighted by atomic mass is 16.2. The largest absolute Gasteiger partial charge is 0.349 e. The van der Waals surface area contributed by atoms with Gasteiger partial charge in [-0.05, 0) is 37.2 Å². The van der Waals surface area contributed by atoms with Crippen molar-refractivity contribution in [1.29, 1.82) is 0 Å². The number of aromatic nitrogens is 2. The highest BCUT2D eigenvalue weighted by Gasteiger charge is 2.24. The van der Waals surface area contributed by atoms with Crippen LogP contribution in [0.2, 0.25) is 0 Å². The lowest BCUT2D eigenvalue weighted by molar-refractivity contribution is -0.133. The van der Waals surface area contributed by atoms with Crippen LogP contribution in [-0.2, 0) is 23.1 Å². The third-order valence-electron chi connectivity index (χ3n) is 4.52. The maximum absolute atomic E-state index is 12.4. The normalized spacial score (nSPS) is 18.0. The average molecular weight is 320 g/mol. The summed E-state index contributed by atoms with van der Waals surface area (Å²) in [6.07, 6.45) is 8.67. The van der Waals surface area contributed by atoms with Crippen LogP contribution in [0.15, 0.2) is 12.4 Å². The van der Waals surface area contributed by atoms with Crippen LogP contribution in [-0.4, -0.2) is 58.6 Å². The number of likely N-dealkylation sites (tertiary alicyclic amines) is 1. The van der Waals surface area contributed by atoms with Gasteiger partial charge in [0, 0.05) is 53.3 Å². The number of carbonyl (C=O) groups excluding carboxylic acids is 2. The Labute approximate surface area is 138 Å². The molecule has 1 saturated heterocycles. The monoisotopic (exact) mass is 320 g/mol. The van der Waals surface area contributed by atoms with E-state index in [4.69, 9.17) is 0 Å². The molecular weight excluding hydrogens is 292 g/mol. The Bertz CT molecular complexity index is 538.